The van der Waals surface area contributed by atoms with Crippen molar-refractivity contribution in [2.75, 3.05) is 12.4 Å². The predicted octanol–water partition coefficient (Wildman–Crippen LogP) is 4.32. The smallest absolute Gasteiger partial charge is 0.326 e. The van der Waals surface area contributed by atoms with E-state index >= 15 is 0 Å². The van der Waals surface area contributed by atoms with Crippen LogP contribution in [0.1, 0.15) is 16.8 Å². The first-order valence-corrected chi connectivity index (χ1v) is 11.4. The van der Waals surface area contributed by atoms with Crippen molar-refractivity contribution in [1.29, 1.82) is 0 Å². The number of carboxylic acid groups (broad SMARTS) is 1. The number of sulfone groups is 1. The summed E-state index contributed by atoms with van der Waals surface area (Å²) < 4.78 is 32.0. The Kier molecular flexibility index (Phi) is 7.17. The van der Waals surface area contributed by atoms with E-state index in [-0.39, 0.29) is 27.6 Å². The Morgan fingerprint density at radius 2 is 1.66 bits per heavy atom. The molecule has 2 N–H and O–H groups in total. The molecule has 0 aliphatic carbocycles. The molecule has 3 aromatic carbocycles. The molecular weight excluding hydrogens is 454 g/mol. The van der Waals surface area contributed by atoms with E-state index in [1.807, 2.05) is 0 Å². The monoisotopic (exact) mass is 473 g/mol. The van der Waals surface area contributed by atoms with Crippen molar-refractivity contribution in [3.8, 4) is 5.75 Å². The summed E-state index contributed by atoms with van der Waals surface area (Å²) in [6, 6.07) is 16.9. The topological polar surface area (TPSA) is 110 Å². The lowest BCUT2D eigenvalue weighted by Crippen LogP contribution is -2.32. The van der Waals surface area contributed by atoms with Crippen molar-refractivity contribution in [2.24, 2.45) is 0 Å². The first kappa shape index (κ1) is 23.3. The van der Waals surface area contributed by atoms with Crippen LogP contribution in [-0.4, -0.2) is 38.4 Å². The molecule has 32 heavy (non-hydrogen) atoms. The van der Waals surface area contributed by atoms with E-state index in [0.29, 0.717) is 10.6 Å². The van der Waals surface area contributed by atoms with Crippen LogP contribution in [0.5, 0.6) is 5.75 Å². The van der Waals surface area contributed by atoms with E-state index in [2.05, 4.69) is 5.32 Å². The molecule has 0 radical (unpaired) electrons. The molecule has 0 spiro atoms. The number of nitrogens with one attached hydrogen (secondary N) is 1. The molecule has 0 aromatic heterocycles. The lowest BCUT2D eigenvalue weighted by Gasteiger charge is -2.20. The van der Waals surface area contributed by atoms with Gasteiger partial charge in [0.25, 0.3) is 0 Å². The number of ether oxygens (including phenoxy) is 1. The molecule has 1 atom stereocenters. The standard InChI is InChI=1S/C23H20ClNO6S/c1-31-21-9-5-8-18(22(21)32(29,30)17-12-10-16(24)11-13-17)25-19(23(27)28)14-20(26)15-6-3-2-4-7-15/h2-13,19,25H,14H2,1H3,(H,27,28). The number of hydrogen-bond donors (Lipinski definition) is 2. The molecule has 7 nitrogen and oxygen atoms in total. The van der Waals surface area contributed by atoms with Crippen molar-refractivity contribution in [2.45, 2.75) is 22.3 Å². The molecule has 0 aliphatic rings. The van der Waals surface area contributed by atoms with Crippen LogP contribution in [0.25, 0.3) is 0 Å². The van der Waals surface area contributed by atoms with Gasteiger partial charge >= 0.3 is 5.97 Å². The third kappa shape index (κ3) is 5.09. The third-order valence-corrected chi connectivity index (χ3v) is 6.81. The van der Waals surface area contributed by atoms with Crippen molar-refractivity contribution in [1.82, 2.24) is 0 Å². The van der Waals surface area contributed by atoms with E-state index in [0.717, 1.165) is 0 Å². The largest absolute Gasteiger partial charge is 0.495 e. The molecule has 0 bridgehead atoms. The van der Waals surface area contributed by atoms with Gasteiger partial charge in [0, 0.05) is 17.0 Å². The first-order valence-electron chi connectivity index (χ1n) is 9.49. The molecule has 3 rings (SSSR count). The number of benzene rings is 3. The number of carboxylic acids is 1. The van der Waals surface area contributed by atoms with Crippen LogP contribution in [0.15, 0.2) is 82.6 Å². The number of Topliss-reactive ketones (excluding diaryl/α,β-unsaturated/α-hetero) is 1. The van der Waals surface area contributed by atoms with Gasteiger partial charge in [0.2, 0.25) is 9.84 Å². The van der Waals surface area contributed by atoms with Crippen LogP contribution >= 0.6 is 11.6 Å². The molecule has 9 heteroatoms. The molecule has 0 aliphatic heterocycles. The lowest BCUT2D eigenvalue weighted by atomic mass is 10.0. The van der Waals surface area contributed by atoms with Crippen LogP contribution in [0, 0.1) is 0 Å². The number of ketones is 1. The second-order valence-corrected chi connectivity index (χ2v) is 9.15. The van der Waals surface area contributed by atoms with Gasteiger partial charge in [0.1, 0.15) is 16.7 Å². The van der Waals surface area contributed by atoms with Crippen LogP contribution < -0.4 is 10.1 Å². The van der Waals surface area contributed by atoms with Crippen molar-refractivity contribution in [3.63, 3.8) is 0 Å². The zero-order valence-electron chi connectivity index (χ0n) is 17.0. The highest BCUT2D eigenvalue weighted by molar-refractivity contribution is 7.91. The van der Waals surface area contributed by atoms with Gasteiger partial charge in [0.15, 0.2) is 5.78 Å². The lowest BCUT2D eigenvalue weighted by molar-refractivity contribution is -0.137. The second-order valence-electron chi connectivity index (χ2n) is 6.82. The van der Waals surface area contributed by atoms with Gasteiger partial charge in [-0.05, 0) is 36.4 Å². The minimum Gasteiger partial charge on any atom is -0.495 e. The highest BCUT2D eigenvalue weighted by Crippen LogP contribution is 2.36. The summed E-state index contributed by atoms with van der Waals surface area (Å²) in [6.07, 6.45) is -0.378. The molecule has 0 saturated heterocycles. The van der Waals surface area contributed by atoms with Crippen molar-refractivity contribution < 1.29 is 27.9 Å². The van der Waals surface area contributed by atoms with Crippen LogP contribution in [0.3, 0.4) is 0 Å². The van der Waals surface area contributed by atoms with Gasteiger partial charge in [-0.2, -0.15) is 0 Å². The maximum Gasteiger partial charge on any atom is 0.326 e. The number of anilines is 1. The number of rotatable bonds is 9. The number of halogens is 1. The maximum atomic E-state index is 13.4. The summed E-state index contributed by atoms with van der Waals surface area (Å²) in [7, 11) is -2.79. The van der Waals surface area contributed by atoms with E-state index in [1.54, 1.807) is 30.3 Å². The fourth-order valence-electron chi connectivity index (χ4n) is 3.11. The predicted molar refractivity (Wildman–Crippen MR) is 120 cm³/mol. The van der Waals surface area contributed by atoms with Gasteiger partial charge in [-0.15, -0.1) is 0 Å². The van der Waals surface area contributed by atoms with Gasteiger partial charge in [0.05, 0.1) is 17.7 Å². The molecular formula is C23H20ClNO6S. The average Bonchev–Trinajstić information content (AvgIpc) is 2.79. The number of aliphatic carboxylic acids is 1. The SMILES string of the molecule is COc1cccc(NC(CC(=O)c2ccccc2)C(=O)O)c1S(=O)(=O)c1ccc(Cl)cc1. The molecule has 0 fully saturated rings. The zero-order valence-corrected chi connectivity index (χ0v) is 18.6. The van der Waals surface area contributed by atoms with Gasteiger partial charge in [-0.1, -0.05) is 48.0 Å². The highest BCUT2D eigenvalue weighted by atomic mass is 35.5. The first-order chi connectivity index (χ1) is 15.2. The minimum atomic E-state index is -4.11. The number of hydrogen-bond acceptors (Lipinski definition) is 6. The normalized spacial score (nSPS) is 12.1. The molecule has 0 saturated carbocycles. The summed E-state index contributed by atoms with van der Waals surface area (Å²) in [6.45, 7) is 0. The Balaban J connectivity index is 2.01. The number of methoxy groups -OCH3 is 1. The third-order valence-electron chi connectivity index (χ3n) is 4.70. The van der Waals surface area contributed by atoms with Crippen LogP contribution in [0.2, 0.25) is 5.02 Å². The van der Waals surface area contributed by atoms with Crippen molar-refractivity contribution >= 4 is 38.9 Å². The average molecular weight is 474 g/mol. The Labute approximate surface area is 190 Å². The Bertz CT molecular complexity index is 1230. The van der Waals surface area contributed by atoms with E-state index < -0.39 is 27.6 Å². The summed E-state index contributed by atoms with van der Waals surface area (Å²) in [5.74, 6) is -1.66. The second kappa shape index (κ2) is 9.84. The summed E-state index contributed by atoms with van der Waals surface area (Å²) in [5.41, 5.74) is 0.368. The maximum absolute atomic E-state index is 13.4. The summed E-state index contributed by atoms with van der Waals surface area (Å²) >= 11 is 5.87. The number of carbonyl (C=O) groups excluding carboxylic acids is 1. The quantitative estimate of drug-likeness (QED) is 0.445. The molecule has 0 heterocycles. The molecule has 0 amide bonds. The van der Waals surface area contributed by atoms with Gasteiger partial charge in [-0.25, -0.2) is 13.2 Å². The summed E-state index contributed by atoms with van der Waals surface area (Å²) in [4.78, 5) is 24.2. The Morgan fingerprint density at radius 1 is 1.00 bits per heavy atom. The molecule has 1 unspecified atom stereocenters. The number of carbonyl (C=O) groups is 2. The molecule has 3 aromatic rings. The Morgan fingerprint density at radius 3 is 2.25 bits per heavy atom. The van der Waals surface area contributed by atoms with E-state index in [4.69, 9.17) is 16.3 Å². The fraction of sp³-hybridized carbons (Fsp3) is 0.130. The summed E-state index contributed by atoms with van der Waals surface area (Å²) in [5, 5.41) is 12.8. The zero-order chi connectivity index (χ0) is 23.3. The highest BCUT2D eigenvalue weighted by Gasteiger charge is 2.29. The Hall–Kier alpha value is -3.36. The van der Waals surface area contributed by atoms with E-state index in [1.165, 1.54) is 49.6 Å². The van der Waals surface area contributed by atoms with Crippen LogP contribution in [-0.2, 0) is 14.6 Å². The van der Waals surface area contributed by atoms with Crippen LogP contribution in [0.4, 0.5) is 5.69 Å². The van der Waals surface area contributed by atoms with Crippen molar-refractivity contribution in [3.05, 3.63) is 83.4 Å². The minimum absolute atomic E-state index is 0.00700. The van der Waals surface area contributed by atoms with E-state index in [9.17, 15) is 23.1 Å². The van der Waals surface area contributed by atoms with Gasteiger partial charge < -0.3 is 15.2 Å². The fourth-order valence-corrected chi connectivity index (χ4v) is 4.80. The van der Waals surface area contributed by atoms with Gasteiger partial charge in [-0.3, -0.25) is 4.79 Å². The molecule has 166 valence electrons.